The number of carbonyl (C=O) groups is 2. The molecule has 0 spiro atoms. The molecule has 6 aromatic rings. The van der Waals surface area contributed by atoms with Crippen molar-refractivity contribution < 1.29 is 58.4 Å². The molecule has 68 heavy (non-hydrogen) atoms. The maximum Gasteiger partial charge on any atom is 0.356 e. The highest BCUT2D eigenvalue weighted by Gasteiger charge is 2.31. The number of esters is 2. The van der Waals surface area contributed by atoms with Crippen LogP contribution in [0.15, 0.2) is 60.7 Å². The molecule has 0 unspecified atom stereocenters. The quantitative estimate of drug-likeness (QED) is 0.0468. The molecule has 2 saturated carbocycles. The third-order valence-electron chi connectivity index (χ3n) is 12.7. The van der Waals surface area contributed by atoms with Crippen molar-refractivity contribution in [2.45, 2.75) is 109 Å². The van der Waals surface area contributed by atoms with Crippen molar-refractivity contribution in [3.63, 3.8) is 0 Å². The third-order valence-corrected chi connectivity index (χ3v) is 12.7. The molecule has 0 aliphatic heterocycles. The molecule has 2 fully saturated rings. The first-order valence-electron chi connectivity index (χ1n) is 23.7. The monoisotopic (exact) mass is 936 g/mol. The first-order valence-corrected chi connectivity index (χ1v) is 23.7. The molecule has 8 rings (SSSR count). The molecule has 0 radical (unpaired) electrons. The van der Waals surface area contributed by atoms with Crippen LogP contribution in [-0.2, 0) is 32.1 Å². The van der Waals surface area contributed by atoms with Crippen molar-refractivity contribution in [1.82, 2.24) is 19.1 Å². The summed E-state index contributed by atoms with van der Waals surface area (Å²) >= 11 is 0. The fourth-order valence-corrected chi connectivity index (χ4v) is 9.74. The molecule has 16 heteroatoms. The van der Waals surface area contributed by atoms with Crippen LogP contribution in [0.1, 0.15) is 118 Å². The van der Waals surface area contributed by atoms with Gasteiger partial charge >= 0.3 is 11.9 Å². The molecule has 0 amide bonds. The van der Waals surface area contributed by atoms with Crippen LogP contribution >= 0.6 is 0 Å². The number of aliphatic hydroxyl groups is 2. The van der Waals surface area contributed by atoms with Crippen molar-refractivity contribution in [3.05, 3.63) is 77.5 Å². The van der Waals surface area contributed by atoms with Gasteiger partial charge in [-0.15, -0.1) is 0 Å². The van der Waals surface area contributed by atoms with Crippen LogP contribution in [0, 0.1) is 0 Å². The summed E-state index contributed by atoms with van der Waals surface area (Å²) in [6.45, 7) is 4.32. The van der Waals surface area contributed by atoms with E-state index in [1.807, 2.05) is 39.5 Å². The number of aliphatic hydroxyl groups excluding tert-OH is 2. The summed E-state index contributed by atoms with van der Waals surface area (Å²) in [4.78, 5) is 33.6. The Hall–Kier alpha value is -6.20. The van der Waals surface area contributed by atoms with E-state index in [0.717, 1.165) is 84.7 Å². The van der Waals surface area contributed by atoms with E-state index in [1.54, 1.807) is 52.3 Å². The van der Waals surface area contributed by atoms with Crippen molar-refractivity contribution in [1.29, 1.82) is 0 Å². The Morgan fingerprint density at radius 3 is 1.82 bits per heavy atom. The highest BCUT2D eigenvalue weighted by molar-refractivity contribution is 5.96. The molecule has 0 bridgehead atoms. The average molecular weight is 937 g/mol. The normalized spacial score (nSPS) is 14.4. The lowest BCUT2D eigenvalue weighted by molar-refractivity contribution is -0.134. The lowest BCUT2D eigenvalue weighted by Crippen LogP contribution is -2.11. The first kappa shape index (κ1) is 49.7. The highest BCUT2D eigenvalue weighted by Crippen LogP contribution is 2.48. The zero-order valence-electron chi connectivity index (χ0n) is 39.5. The summed E-state index contributed by atoms with van der Waals surface area (Å²) in [7, 11) is 3.14. The van der Waals surface area contributed by atoms with Crippen LogP contribution in [0.4, 0.5) is 0 Å². The molecular formula is C52H64N4O12. The van der Waals surface area contributed by atoms with Crippen molar-refractivity contribution in [3.8, 4) is 51.4 Å². The molecule has 2 aliphatic carbocycles. The number of aromatic hydroxyl groups is 2. The second kappa shape index (κ2) is 23.7. The maximum atomic E-state index is 12.5. The van der Waals surface area contributed by atoms with Crippen LogP contribution in [0.5, 0.6) is 28.9 Å². The van der Waals surface area contributed by atoms with Gasteiger partial charge in [-0.05, 0) is 98.0 Å². The summed E-state index contributed by atoms with van der Waals surface area (Å²) < 4.78 is 36.4. The lowest BCUT2D eigenvalue weighted by atomic mass is 9.82. The Balaban J connectivity index is 0.000000204. The second-order valence-electron chi connectivity index (χ2n) is 17.0. The minimum atomic E-state index is -0.467. The molecule has 364 valence electrons. The van der Waals surface area contributed by atoms with Gasteiger partial charge in [0, 0.05) is 73.8 Å². The van der Waals surface area contributed by atoms with Gasteiger partial charge in [-0.1, -0.05) is 45.4 Å². The molecule has 0 atom stereocenters. The van der Waals surface area contributed by atoms with Crippen LogP contribution in [-0.4, -0.2) is 99.1 Å². The molecule has 4 heterocycles. The largest absolute Gasteiger partial charge is 0.508 e. The van der Waals surface area contributed by atoms with Gasteiger partial charge in [-0.2, -0.15) is 4.98 Å². The summed E-state index contributed by atoms with van der Waals surface area (Å²) in [6.07, 6.45) is 11.5. The number of carbonyl (C=O) groups excluding carboxylic acids is 2. The number of hydrogen-bond donors (Lipinski definition) is 4. The first-order chi connectivity index (χ1) is 33.1. The molecular weight excluding hydrogens is 873 g/mol. The fraction of sp³-hybridized carbons (Fsp3) is 0.462. The van der Waals surface area contributed by atoms with Gasteiger partial charge in [0.15, 0.2) is 19.3 Å². The molecule has 16 nitrogen and oxygen atoms in total. The molecule has 2 aliphatic rings. The smallest absolute Gasteiger partial charge is 0.356 e. The number of phenols is 2. The second-order valence-corrected chi connectivity index (χ2v) is 17.0. The number of methoxy groups -OCH3 is 2. The number of fused-ring (bicyclic) bond motifs is 2. The molecule has 0 saturated heterocycles. The number of hydrogen-bond acceptors (Lipinski definition) is 14. The Kier molecular flexibility index (Phi) is 17.3. The van der Waals surface area contributed by atoms with E-state index in [-0.39, 0.29) is 75.4 Å². The van der Waals surface area contributed by atoms with Gasteiger partial charge in [-0.3, -0.25) is 4.79 Å². The Morgan fingerprint density at radius 1 is 0.676 bits per heavy atom. The number of aromatic nitrogens is 4. The van der Waals surface area contributed by atoms with E-state index < -0.39 is 5.97 Å². The van der Waals surface area contributed by atoms with Crippen LogP contribution in [0.3, 0.4) is 0 Å². The summed E-state index contributed by atoms with van der Waals surface area (Å²) in [5, 5.41) is 42.2. The molecule has 4 N–H and O–H groups in total. The van der Waals surface area contributed by atoms with Gasteiger partial charge in [0.05, 0.1) is 31.2 Å². The van der Waals surface area contributed by atoms with E-state index in [1.165, 1.54) is 24.5 Å². The zero-order chi connectivity index (χ0) is 48.2. The van der Waals surface area contributed by atoms with Crippen LogP contribution in [0.2, 0.25) is 0 Å². The van der Waals surface area contributed by atoms with E-state index in [2.05, 4.69) is 4.98 Å². The SMILES string of the molecule is CCC(=O)Oc1ccc2c(C3CCCCC3)c(-c3ccc(O)cc3O)n(CCO)c2n1.CCOC(=O)c1ccc2c(C3CCCCC3)c(-c3ccc(OCOC)cc3OCOC)n(CCO)c2n1. The van der Waals surface area contributed by atoms with Crippen LogP contribution in [0.25, 0.3) is 44.6 Å². The van der Waals surface area contributed by atoms with Gasteiger partial charge in [0.2, 0.25) is 5.88 Å². The van der Waals surface area contributed by atoms with Gasteiger partial charge < -0.3 is 58.0 Å². The Bertz CT molecular complexity index is 2660. The zero-order valence-corrected chi connectivity index (χ0v) is 39.5. The minimum Gasteiger partial charge on any atom is -0.508 e. The van der Waals surface area contributed by atoms with E-state index >= 15 is 0 Å². The number of nitrogens with zero attached hydrogens (tertiary/aromatic N) is 4. The minimum absolute atomic E-state index is 0.0165. The third kappa shape index (κ3) is 11.0. The summed E-state index contributed by atoms with van der Waals surface area (Å²) in [6, 6.07) is 17.5. The van der Waals surface area contributed by atoms with Crippen molar-refractivity contribution >= 4 is 34.0 Å². The standard InChI is InChI=1S/C28H36N2O7.C24H28N2O5/c1-4-35-28(32)23-13-12-22-25(19-8-6-5-7-9-19)26(30(14-15-31)27(22)29-23)21-11-10-20(36-17-33-2)16-24(21)37-18-34-3;1-2-21(30)31-20-11-10-18-22(15-6-4-3-5-7-15)23(26(12-13-27)24(18)25-20)17-9-8-16(28)14-19(17)29/h10-13,16,19,31H,4-9,14-15,17-18H2,1-3H3;8-11,14-15,27-29H,2-7,12-13H2,1H3. The van der Waals surface area contributed by atoms with E-state index in [0.29, 0.717) is 46.7 Å². The van der Waals surface area contributed by atoms with Crippen LogP contribution < -0.4 is 14.2 Å². The van der Waals surface area contributed by atoms with E-state index in [4.69, 9.17) is 33.4 Å². The van der Waals surface area contributed by atoms with Crippen molar-refractivity contribution in [2.75, 3.05) is 47.6 Å². The molecule has 2 aromatic carbocycles. The predicted octanol–water partition coefficient (Wildman–Crippen LogP) is 9.36. The van der Waals surface area contributed by atoms with Crippen molar-refractivity contribution in [2.24, 2.45) is 0 Å². The Morgan fingerprint density at radius 2 is 1.25 bits per heavy atom. The highest BCUT2D eigenvalue weighted by atomic mass is 16.7. The number of ether oxygens (including phenoxy) is 6. The molecule has 4 aromatic heterocycles. The van der Waals surface area contributed by atoms with Gasteiger partial charge in [0.1, 0.15) is 34.3 Å². The topological polar surface area (TPSA) is 206 Å². The number of benzene rings is 2. The Labute approximate surface area is 396 Å². The van der Waals surface area contributed by atoms with Gasteiger partial charge in [0.25, 0.3) is 0 Å². The van der Waals surface area contributed by atoms with E-state index in [9.17, 15) is 30.0 Å². The number of rotatable bonds is 18. The summed E-state index contributed by atoms with van der Waals surface area (Å²) in [5.74, 6) is 1.14. The van der Waals surface area contributed by atoms with Gasteiger partial charge in [-0.25, -0.2) is 9.78 Å². The number of phenolic OH excluding ortho intramolecular Hbond substituents is 2. The fourth-order valence-electron chi connectivity index (χ4n) is 9.74. The lowest BCUT2D eigenvalue weighted by Gasteiger charge is -2.24. The average Bonchev–Trinajstić information content (AvgIpc) is 3.85. The summed E-state index contributed by atoms with van der Waals surface area (Å²) in [5.41, 5.74) is 6.89. The number of pyridine rings is 2. The predicted molar refractivity (Wildman–Crippen MR) is 256 cm³/mol. The maximum absolute atomic E-state index is 12.5.